The molecule has 2 aliphatic rings. The van der Waals surface area contributed by atoms with E-state index >= 15 is 0 Å². The number of sulfonamides is 1. The minimum atomic E-state index is -3.20. The molecular formula is C12H23N3O3S. The topological polar surface area (TPSA) is 92.5 Å². The molecule has 2 fully saturated rings. The SMILES string of the molecule is CS(=O)(=O)NC1CCN(C(=O)C2CCCC(N)C2)C1. The van der Waals surface area contributed by atoms with E-state index in [0.717, 1.165) is 31.9 Å². The molecule has 0 spiro atoms. The van der Waals surface area contributed by atoms with Crippen molar-refractivity contribution >= 4 is 15.9 Å². The zero-order chi connectivity index (χ0) is 14.0. The third-order valence-electron chi connectivity index (χ3n) is 3.94. The number of nitrogens with two attached hydrogens (primary N) is 1. The van der Waals surface area contributed by atoms with E-state index in [-0.39, 0.29) is 23.9 Å². The number of nitrogens with one attached hydrogen (secondary N) is 1. The van der Waals surface area contributed by atoms with Crippen molar-refractivity contribution < 1.29 is 13.2 Å². The molecule has 3 unspecified atom stereocenters. The maximum atomic E-state index is 12.4. The molecule has 3 atom stereocenters. The zero-order valence-corrected chi connectivity index (χ0v) is 12.2. The van der Waals surface area contributed by atoms with Gasteiger partial charge in [-0.1, -0.05) is 6.42 Å². The van der Waals surface area contributed by atoms with Gasteiger partial charge in [-0.3, -0.25) is 4.79 Å². The van der Waals surface area contributed by atoms with Gasteiger partial charge in [0.05, 0.1) is 6.26 Å². The van der Waals surface area contributed by atoms with Gasteiger partial charge in [-0.2, -0.15) is 0 Å². The molecule has 1 saturated carbocycles. The molecule has 6 nitrogen and oxygen atoms in total. The Morgan fingerprint density at radius 3 is 2.68 bits per heavy atom. The van der Waals surface area contributed by atoms with Crippen LogP contribution in [-0.4, -0.2) is 50.7 Å². The van der Waals surface area contributed by atoms with Gasteiger partial charge in [-0.25, -0.2) is 13.1 Å². The van der Waals surface area contributed by atoms with Gasteiger partial charge in [0.15, 0.2) is 0 Å². The summed E-state index contributed by atoms with van der Waals surface area (Å²) in [5, 5.41) is 0. The predicted molar refractivity (Wildman–Crippen MR) is 72.9 cm³/mol. The molecule has 3 N–H and O–H groups in total. The van der Waals surface area contributed by atoms with Gasteiger partial charge in [-0.15, -0.1) is 0 Å². The van der Waals surface area contributed by atoms with Gasteiger partial charge in [0, 0.05) is 31.1 Å². The van der Waals surface area contributed by atoms with Crippen molar-refractivity contribution in [3.8, 4) is 0 Å². The second-order valence-electron chi connectivity index (χ2n) is 5.78. The highest BCUT2D eigenvalue weighted by atomic mass is 32.2. The first-order valence-electron chi connectivity index (χ1n) is 6.87. The summed E-state index contributed by atoms with van der Waals surface area (Å²) in [5.74, 6) is 0.175. The Kier molecular flexibility index (Phi) is 4.47. The molecular weight excluding hydrogens is 266 g/mol. The maximum absolute atomic E-state index is 12.4. The molecule has 1 saturated heterocycles. The van der Waals surface area contributed by atoms with E-state index in [9.17, 15) is 13.2 Å². The maximum Gasteiger partial charge on any atom is 0.225 e. The lowest BCUT2D eigenvalue weighted by Gasteiger charge is -2.29. The largest absolute Gasteiger partial charge is 0.341 e. The molecule has 1 aliphatic heterocycles. The molecule has 0 bridgehead atoms. The normalized spacial score (nSPS) is 32.5. The first-order valence-corrected chi connectivity index (χ1v) is 8.76. The van der Waals surface area contributed by atoms with E-state index in [1.165, 1.54) is 0 Å². The summed E-state index contributed by atoms with van der Waals surface area (Å²) in [6.45, 7) is 1.12. The summed E-state index contributed by atoms with van der Waals surface area (Å²) in [4.78, 5) is 14.1. The third-order valence-corrected chi connectivity index (χ3v) is 4.71. The first-order chi connectivity index (χ1) is 8.85. The molecule has 0 radical (unpaired) electrons. The highest BCUT2D eigenvalue weighted by Gasteiger charge is 2.33. The van der Waals surface area contributed by atoms with Crippen molar-refractivity contribution in [1.82, 2.24) is 9.62 Å². The molecule has 1 heterocycles. The lowest BCUT2D eigenvalue weighted by molar-refractivity contribution is -0.135. The van der Waals surface area contributed by atoms with E-state index in [1.807, 2.05) is 0 Å². The van der Waals surface area contributed by atoms with Crippen LogP contribution in [0.5, 0.6) is 0 Å². The molecule has 1 amide bonds. The zero-order valence-electron chi connectivity index (χ0n) is 11.3. The Morgan fingerprint density at radius 1 is 1.32 bits per heavy atom. The number of hydrogen-bond acceptors (Lipinski definition) is 4. The number of carbonyl (C=O) groups excluding carboxylic acids is 1. The molecule has 0 aromatic rings. The van der Waals surface area contributed by atoms with Crippen molar-refractivity contribution in [3.63, 3.8) is 0 Å². The Hall–Kier alpha value is -0.660. The lowest BCUT2D eigenvalue weighted by atomic mass is 9.85. The van der Waals surface area contributed by atoms with Crippen LogP contribution in [0.2, 0.25) is 0 Å². The highest BCUT2D eigenvalue weighted by Crippen LogP contribution is 2.26. The minimum Gasteiger partial charge on any atom is -0.341 e. The number of nitrogens with zero attached hydrogens (tertiary/aromatic N) is 1. The molecule has 1 aliphatic carbocycles. The Morgan fingerprint density at radius 2 is 2.05 bits per heavy atom. The Labute approximate surface area is 114 Å². The number of amides is 1. The fraction of sp³-hybridized carbons (Fsp3) is 0.917. The number of carbonyl (C=O) groups is 1. The number of likely N-dealkylation sites (tertiary alicyclic amines) is 1. The van der Waals surface area contributed by atoms with Crippen molar-refractivity contribution in [2.75, 3.05) is 19.3 Å². The fourth-order valence-corrected chi connectivity index (χ4v) is 3.87. The van der Waals surface area contributed by atoms with Crippen LogP contribution in [0.3, 0.4) is 0 Å². The van der Waals surface area contributed by atoms with E-state index in [1.54, 1.807) is 4.90 Å². The first kappa shape index (κ1) is 14.7. The fourth-order valence-electron chi connectivity index (χ4n) is 3.07. The summed E-state index contributed by atoms with van der Waals surface area (Å²) in [5.41, 5.74) is 5.91. The van der Waals surface area contributed by atoms with Crippen LogP contribution < -0.4 is 10.5 Å². The number of hydrogen-bond donors (Lipinski definition) is 2. The molecule has 19 heavy (non-hydrogen) atoms. The van der Waals surface area contributed by atoms with Gasteiger partial charge < -0.3 is 10.6 Å². The van der Waals surface area contributed by atoms with Crippen molar-refractivity contribution in [3.05, 3.63) is 0 Å². The summed E-state index contributed by atoms with van der Waals surface area (Å²) in [6, 6.07) is -0.00791. The summed E-state index contributed by atoms with van der Waals surface area (Å²) >= 11 is 0. The molecule has 110 valence electrons. The van der Waals surface area contributed by atoms with Gasteiger partial charge in [-0.05, 0) is 25.7 Å². The van der Waals surface area contributed by atoms with Crippen molar-refractivity contribution in [2.24, 2.45) is 11.7 Å². The Bertz CT molecular complexity index is 438. The van der Waals surface area contributed by atoms with Crippen molar-refractivity contribution in [2.45, 2.75) is 44.2 Å². The average molecular weight is 289 g/mol. The molecule has 7 heteroatoms. The van der Waals surface area contributed by atoms with Crippen LogP contribution >= 0.6 is 0 Å². The smallest absolute Gasteiger partial charge is 0.225 e. The Balaban J connectivity index is 1.88. The second kappa shape index (κ2) is 5.76. The number of rotatable bonds is 3. The monoisotopic (exact) mass is 289 g/mol. The van der Waals surface area contributed by atoms with Crippen molar-refractivity contribution in [1.29, 1.82) is 0 Å². The van der Waals surface area contributed by atoms with Crippen LogP contribution in [-0.2, 0) is 14.8 Å². The second-order valence-corrected chi connectivity index (χ2v) is 7.56. The third kappa shape index (κ3) is 4.15. The van der Waals surface area contributed by atoms with Crippen LogP contribution in [0.1, 0.15) is 32.1 Å². The molecule has 0 aromatic heterocycles. The van der Waals surface area contributed by atoms with Crippen LogP contribution in [0.4, 0.5) is 0 Å². The standard InChI is InChI=1S/C12H23N3O3S/c1-19(17,18)14-11-5-6-15(8-11)12(16)9-3-2-4-10(13)7-9/h9-11,14H,2-8,13H2,1H3. The van der Waals surface area contributed by atoms with Crippen LogP contribution in [0, 0.1) is 5.92 Å². The minimum absolute atomic E-state index is 0.0285. The van der Waals surface area contributed by atoms with Crippen LogP contribution in [0.25, 0.3) is 0 Å². The lowest BCUT2D eigenvalue weighted by Crippen LogP contribution is -2.42. The van der Waals surface area contributed by atoms with E-state index < -0.39 is 10.0 Å². The molecule has 2 rings (SSSR count). The average Bonchev–Trinajstić information content (AvgIpc) is 2.74. The molecule has 0 aromatic carbocycles. The van der Waals surface area contributed by atoms with E-state index in [4.69, 9.17) is 5.73 Å². The van der Waals surface area contributed by atoms with E-state index in [0.29, 0.717) is 19.5 Å². The quantitative estimate of drug-likeness (QED) is 0.743. The summed E-state index contributed by atoms with van der Waals surface area (Å²) < 4.78 is 24.9. The summed E-state index contributed by atoms with van der Waals surface area (Å²) in [7, 11) is -3.20. The van der Waals surface area contributed by atoms with Gasteiger partial charge >= 0.3 is 0 Å². The summed E-state index contributed by atoms with van der Waals surface area (Å²) in [6.07, 6.45) is 5.53. The van der Waals surface area contributed by atoms with E-state index in [2.05, 4.69) is 4.72 Å². The van der Waals surface area contributed by atoms with Gasteiger partial charge in [0.1, 0.15) is 0 Å². The predicted octanol–water partition coefficient (Wildman–Crippen LogP) is -0.346. The van der Waals surface area contributed by atoms with Gasteiger partial charge in [0.2, 0.25) is 15.9 Å². The highest BCUT2D eigenvalue weighted by molar-refractivity contribution is 7.88. The van der Waals surface area contributed by atoms with Crippen LogP contribution in [0.15, 0.2) is 0 Å². The van der Waals surface area contributed by atoms with Gasteiger partial charge in [0.25, 0.3) is 0 Å².